The average molecular weight is 224 g/mol. The van der Waals surface area contributed by atoms with Gasteiger partial charge in [-0.05, 0) is 12.1 Å². The van der Waals surface area contributed by atoms with Crippen LogP contribution in [0.15, 0.2) is 24.4 Å². The molecule has 0 fully saturated rings. The van der Waals surface area contributed by atoms with Crippen molar-refractivity contribution in [2.75, 3.05) is 5.32 Å². The Morgan fingerprint density at radius 1 is 1.38 bits per heavy atom. The third kappa shape index (κ3) is 2.33. The average Bonchev–Trinajstić information content (AvgIpc) is 2.63. The lowest BCUT2D eigenvalue weighted by Gasteiger charge is -2.04. The number of nitrogens with one attached hydrogen (secondary N) is 1. The summed E-state index contributed by atoms with van der Waals surface area (Å²) in [5.74, 6) is -1.22. The summed E-state index contributed by atoms with van der Waals surface area (Å²) < 4.78 is 27.4. The molecule has 1 aromatic heterocycles. The van der Waals surface area contributed by atoms with Gasteiger partial charge in [-0.2, -0.15) is 0 Å². The second-order valence-corrected chi connectivity index (χ2v) is 3.36. The number of anilines is 1. The first-order chi connectivity index (χ1) is 7.65. The molecule has 6 heteroatoms. The maximum Gasteiger partial charge on any atom is 0.149 e. The van der Waals surface area contributed by atoms with Gasteiger partial charge in [0, 0.05) is 19.3 Å². The Morgan fingerprint density at radius 2 is 2.19 bits per heavy atom. The van der Waals surface area contributed by atoms with Crippen molar-refractivity contribution in [1.82, 2.24) is 15.0 Å². The van der Waals surface area contributed by atoms with Crippen LogP contribution in [-0.4, -0.2) is 15.0 Å². The highest BCUT2D eigenvalue weighted by Crippen LogP contribution is 2.15. The fourth-order valence-corrected chi connectivity index (χ4v) is 1.29. The summed E-state index contributed by atoms with van der Waals surface area (Å²) in [6, 6.07) is 3.38. The van der Waals surface area contributed by atoms with E-state index in [9.17, 15) is 8.78 Å². The van der Waals surface area contributed by atoms with E-state index < -0.39 is 11.6 Å². The highest BCUT2D eigenvalue weighted by atomic mass is 19.1. The van der Waals surface area contributed by atoms with Crippen molar-refractivity contribution in [2.45, 2.75) is 6.54 Å². The summed E-state index contributed by atoms with van der Waals surface area (Å²) >= 11 is 0. The van der Waals surface area contributed by atoms with Crippen molar-refractivity contribution in [3.05, 3.63) is 41.7 Å². The van der Waals surface area contributed by atoms with Crippen molar-refractivity contribution in [3.8, 4) is 0 Å². The van der Waals surface area contributed by atoms with E-state index in [2.05, 4.69) is 15.6 Å². The number of aromatic nitrogens is 3. The standard InChI is InChI=1S/C10H10F2N4/c1-16-6-8(14-15-16)5-13-10-3-2-7(11)4-9(10)12/h2-4,6,13H,5H2,1H3. The molecule has 0 aliphatic heterocycles. The van der Waals surface area contributed by atoms with Gasteiger partial charge >= 0.3 is 0 Å². The molecule has 0 radical (unpaired) electrons. The Labute approximate surface area is 90.9 Å². The van der Waals surface area contributed by atoms with Crippen molar-refractivity contribution >= 4 is 5.69 Å². The molecule has 2 aromatic rings. The number of benzene rings is 1. The molecule has 0 saturated heterocycles. The molecule has 0 unspecified atom stereocenters. The minimum Gasteiger partial charge on any atom is -0.377 e. The molecular formula is C10H10F2N4. The van der Waals surface area contributed by atoms with Crippen LogP contribution >= 0.6 is 0 Å². The fourth-order valence-electron chi connectivity index (χ4n) is 1.29. The third-order valence-corrected chi connectivity index (χ3v) is 2.04. The summed E-state index contributed by atoms with van der Waals surface area (Å²) in [4.78, 5) is 0. The quantitative estimate of drug-likeness (QED) is 0.863. The van der Waals surface area contributed by atoms with E-state index in [4.69, 9.17) is 0 Å². The Kier molecular flexibility index (Phi) is 2.80. The van der Waals surface area contributed by atoms with Crippen LogP contribution in [0.25, 0.3) is 0 Å². The highest BCUT2D eigenvalue weighted by Gasteiger charge is 2.04. The third-order valence-electron chi connectivity index (χ3n) is 2.04. The van der Waals surface area contributed by atoms with E-state index in [1.54, 1.807) is 17.9 Å². The van der Waals surface area contributed by atoms with Crippen molar-refractivity contribution in [1.29, 1.82) is 0 Å². The molecule has 0 atom stereocenters. The smallest absolute Gasteiger partial charge is 0.149 e. The van der Waals surface area contributed by atoms with E-state index >= 15 is 0 Å². The summed E-state index contributed by atoms with van der Waals surface area (Å²) in [6.45, 7) is 0.344. The monoisotopic (exact) mass is 224 g/mol. The number of aryl methyl sites for hydroxylation is 1. The van der Waals surface area contributed by atoms with Crippen LogP contribution in [0.3, 0.4) is 0 Å². The first kappa shape index (κ1) is 10.5. The minimum atomic E-state index is -0.621. The predicted molar refractivity (Wildman–Crippen MR) is 54.7 cm³/mol. The Bertz CT molecular complexity index is 495. The minimum absolute atomic E-state index is 0.243. The fraction of sp³-hybridized carbons (Fsp3) is 0.200. The van der Waals surface area contributed by atoms with E-state index in [1.165, 1.54) is 12.1 Å². The van der Waals surface area contributed by atoms with Crippen molar-refractivity contribution in [3.63, 3.8) is 0 Å². The second-order valence-electron chi connectivity index (χ2n) is 3.36. The molecule has 2 rings (SSSR count). The maximum absolute atomic E-state index is 13.2. The van der Waals surface area contributed by atoms with Crippen LogP contribution in [0.4, 0.5) is 14.5 Å². The number of halogens is 2. The van der Waals surface area contributed by atoms with Gasteiger partial charge in [0.1, 0.15) is 17.3 Å². The van der Waals surface area contributed by atoms with Crippen LogP contribution in [0.1, 0.15) is 5.69 Å². The Hall–Kier alpha value is -1.98. The van der Waals surface area contributed by atoms with Gasteiger partial charge in [0.2, 0.25) is 0 Å². The van der Waals surface area contributed by atoms with Crippen molar-refractivity contribution < 1.29 is 8.78 Å². The van der Waals surface area contributed by atoms with Crippen LogP contribution in [0.2, 0.25) is 0 Å². The van der Waals surface area contributed by atoms with Gasteiger partial charge < -0.3 is 5.32 Å². The Balaban J connectivity index is 2.04. The second kappa shape index (κ2) is 4.26. The topological polar surface area (TPSA) is 42.7 Å². The summed E-state index contributed by atoms with van der Waals surface area (Å²) in [7, 11) is 1.75. The zero-order chi connectivity index (χ0) is 11.5. The molecule has 0 saturated carbocycles. The molecule has 0 aliphatic carbocycles. The van der Waals surface area contributed by atoms with Crippen LogP contribution in [0.5, 0.6) is 0 Å². The molecule has 1 N–H and O–H groups in total. The lowest BCUT2D eigenvalue weighted by Crippen LogP contribution is -2.02. The van der Waals surface area contributed by atoms with E-state index in [1.807, 2.05) is 0 Å². The lowest BCUT2D eigenvalue weighted by atomic mass is 10.3. The molecular weight excluding hydrogens is 214 g/mol. The van der Waals surface area contributed by atoms with E-state index in [0.29, 0.717) is 12.2 Å². The Morgan fingerprint density at radius 3 is 2.81 bits per heavy atom. The number of rotatable bonds is 3. The maximum atomic E-state index is 13.2. The molecule has 0 bridgehead atoms. The summed E-state index contributed by atoms with van der Waals surface area (Å²) in [5.41, 5.74) is 0.929. The van der Waals surface area contributed by atoms with Gasteiger partial charge in [0.05, 0.1) is 12.2 Å². The van der Waals surface area contributed by atoms with Crippen LogP contribution in [0, 0.1) is 11.6 Å². The number of hydrogen-bond donors (Lipinski definition) is 1. The highest BCUT2D eigenvalue weighted by molar-refractivity contribution is 5.44. The molecule has 16 heavy (non-hydrogen) atoms. The molecule has 1 heterocycles. The van der Waals surface area contributed by atoms with Gasteiger partial charge in [-0.1, -0.05) is 5.21 Å². The molecule has 1 aromatic carbocycles. The summed E-state index contributed by atoms with van der Waals surface area (Å²) in [5, 5.41) is 10.4. The first-order valence-corrected chi connectivity index (χ1v) is 4.69. The van der Waals surface area contributed by atoms with Gasteiger partial charge in [-0.15, -0.1) is 5.10 Å². The molecule has 0 aliphatic rings. The molecule has 4 nitrogen and oxygen atoms in total. The predicted octanol–water partition coefficient (Wildman–Crippen LogP) is 1.71. The van der Waals surface area contributed by atoms with Gasteiger partial charge in [0.15, 0.2) is 0 Å². The largest absolute Gasteiger partial charge is 0.377 e. The first-order valence-electron chi connectivity index (χ1n) is 4.69. The summed E-state index contributed by atoms with van der Waals surface area (Å²) in [6.07, 6.45) is 1.72. The normalized spacial score (nSPS) is 10.4. The van der Waals surface area contributed by atoms with Crippen molar-refractivity contribution in [2.24, 2.45) is 7.05 Å². The van der Waals surface area contributed by atoms with Gasteiger partial charge in [-0.25, -0.2) is 8.78 Å². The van der Waals surface area contributed by atoms with Crippen LogP contribution < -0.4 is 5.32 Å². The lowest BCUT2D eigenvalue weighted by molar-refractivity contribution is 0.585. The SMILES string of the molecule is Cn1cc(CNc2ccc(F)cc2F)nn1. The number of hydrogen-bond acceptors (Lipinski definition) is 3. The number of nitrogens with zero attached hydrogens (tertiary/aromatic N) is 3. The van der Waals surface area contributed by atoms with E-state index in [0.717, 1.165) is 6.07 Å². The van der Waals surface area contributed by atoms with Gasteiger partial charge in [0.25, 0.3) is 0 Å². The van der Waals surface area contributed by atoms with Crippen LogP contribution in [-0.2, 0) is 13.6 Å². The van der Waals surface area contributed by atoms with Gasteiger partial charge in [-0.3, -0.25) is 4.68 Å². The molecule has 0 amide bonds. The zero-order valence-electron chi connectivity index (χ0n) is 8.61. The molecule has 84 valence electrons. The van der Waals surface area contributed by atoms with E-state index in [-0.39, 0.29) is 5.69 Å². The molecule has 0 spiro atoms. The zero-order valence-corrected chi connectivity index (χ0v) is 8.61.